The first-order chi connectivity index (χ1) is 22.1. The molecule has 0 unspecified atom stereocenters. The number of aryl methyl sites for hydroxylation is 1. The molecule has 7 nitrogen and oxygen atoms in total. The molecule has 0 aromatic heterocycles. The Kier molecular flexibility index (Phi) is 10.8. The second-order valence-corrected chi connectivity index (χ2v) is 13.9. The summed E-state index contributed by atoms with van der Waals surface area (Å²) in [6, 6.07) is 26.9. The van der Waals surface area contributed by atoms with Crippen molar-refractivity contribution in [2.75, 3.05) is 10.8 Å². The first-order valence-electron chi connectivity index (χ1n) is 15.3. The summed E-state index contributed by atoms with van der Waals surface area (Å²) < 4.78 is 44.5. The van der Waals surface area contributed by atoms with Gasteiger partial charge in [0, 0.05) is 29.6 Å². The van der Waals surface area contributed by atoms with E-state index >= 15 is 4.39 Å². The van der Waals surface area contributed by atoms with Gasteiger partial charge in [-0.25, -0.2) is 12.8 Å². The fourth-order valence-corrected chi connectivity index (χ4v) is 7.43. The summed E-state index contributed by atoms with van der Waals surface area (Å²) >= 11 is 6.05. The molecule has 0 heterocycles. The number of nitrogens with zero attached hydrogens (tertiary/aromatic N) is 2. The van der Waals surface area contributed by atoms with Crippen LogP contribution in [0.5, 0.6) is 0 Å². The summed E-state index contributed by atoms with van der Waals surface area (Å²) in [6.45, 7) is 0.907. The van der Waals surface area contributed by atoms with Gasteiger partial charge in [-0.1, -0.05) is 91.2 Å². The molecule has 4 aromatic carbocycles. The standard InChI is InChI=1S/C36H37ClFN3O4S/c1-26-11-5-10-18-33(26)41(46(44,45)31-21-19-29(37)20-22-31)25-35(42)40(24-28-14-6-9-17-32(28)38)34(23-27-12-3-2-4-13-27)36(43)39-30-15-7-8-16-30/h2-6,9-14,17-22,30,34H,7-8,15-16,23-25H2,1H3,(H,39,43)/t34-/m1/s1. The number of hydrogen-bond donors (Lipinski definition) is 1. The second kappa shape index (κ2) is 14.9. The van der Waals surface area contributed by atoms with E-state index in [-0.39, 0.29) is 35.4 Å². The van der Waals surface area contributed by atoms with Gasteiger partial charge in [-0.3, -0.25) is 13.9 Å². The topological polar surface area (TPSA) is 86.8 Å². The van der Waals surface area contributed by atoms with E-state index in [1.807, 2.05) is 30.3 Å². The van der Waals surface area contributed by atoms with Gasteiger partial charge in [0.2, 0.25) is 11.8 Å². The summed E-state index contributed by atoms with van der Waals surface area (Å²) in [7, 11) is -4.27. The molecule has 1 fully saturated rings. The van der Waals surface area contributed by atoms with Crippen molar-refractivity contribution in [1.29, 1.82) is 0 Å². The van der Waals surface area contributed by atoms with Crippen molar-refractivity contribution < 1.29 is 22.4 Å². The number of carbonyl (C=O) groups is 2. The Morgan fingerprint density at radius 2 is 1.52 bits per heavy atom. The minimum Gasteiger partial charge on any atom is -0.352 e. The van der Waals surface area contributed by atoms with Gasteiger partial charge in [-0.05, 0) is 67.3 Å². The molecule has 1 N–H and O–H groups in total. The van der Waals surface area contributed by atoms with Crippen LogP contribution in [0.25, 0.3) is 0 Å². The van der Waals surface area contributed by atoms with Gasteiger partial charge < -0.3 is 10.2 Å². The lowest BCUT2D eigenvalue weighted by atomic mass is 10.0. The highest BCUT2D eigenvalue weighted by molar-refractivity contribution is 7.92. The van der Waals surface area contributed by atoms with Crippen molar-refractivity contribution in [1.82, 2.24) is 10.2 Å². The first kappa shape index (κ1) is 33.2. The van der Waals surface area contributed by atoms with Gasteiger partial charge in [0.1, 0.15) is 18.4 Å². The molecule has 0 aliphatic heterocycles. The number of hydrogen-bond acceptors (Lipinski definition) is 4. The zero-order valence-electron chi connectivity index (χ0n) is 25.6. The Bertz CT molecular complexity index is 1760. The minimum atomic E-state index is -4.27. The molecule has 0 radical (unpaired) electrons. The molecule has 5 rings (SSSR count). The fourth-order valence-electron chi connectivity index (χ4n) is 5.82. The molecule has 240 valence electrons. The van der Waals surface area contributed by atoms with Crippen LogP contribution in [-0.2, 0) is 32.6 Å². The third-order valence-electron chi connectivity index (χ3n) is 8.34. The number of benzene rings is 4. The molecule has 0 saturated heterocycles. The second-order valence-electron chi connectivity index (χ2n) is 11.6. The highest BCUT2D eigenvalue weighted by atomic mass is 35.5. The number of carbonyl (C=O) groups excluding carboxylic acids is 2. The number of amides is 2. The molecular formula is C36H37ClFN3O4S. The van der Waals surface area contributed by atoms with E-state index < -0.39 is 34.3 Å². The number of sulfonamides is 1. The first-order valence-corrected chi connectivity index (χ1v) is 17.2. The van der Waals surface area contributed by atoms with Crippen LogP contribution in [0.3, 0.4) is 0 Å². The molecule has 2 amide bonds. The van der Waals surface area contributed by atoms with Crippen LogP contribution in [0, 0.1) is 12.7 Å². The van der Waals surface area contributed by atoms with Crippen molar-refractivity contribution >= 4 is 39.1 Å². The van der Waals surface area contributed by atoms with Crippen LogP contribution in [0.15, 0.2) is 108 Å². The van der Waals surface area contributed by atoms with Gasteiger partial charge in [0.25, 0.3) is 10.0 Å². The zero-order chi connectivity index (χ0) is 32.7. The molecule has 4 aromatic rings. The lowest BCUT2D eigenvalue weighted by molar-refractivity contribution is -0.140. The Hall–Kier alpha value is -4.21. The average Bonchev–Trinajstić information content (AvgIpc) is 3.56. The van der Waals surface area contributed by atoms with Crippen LogP contribution in [0.4, 0.5) is 10.1 Å². The molecule has 1 aliphatic rings. The lowest BCUT2D eigenvalue weighted by Crippen LogP contribution is -2.54. The van der Waals surface area contributed by atoms with Gasteiger partial charge in [0.05, 0.1) is 10.6 Å². The van der Waals surface area contributed by atoms with Crippen LogP contribution in [0.2, 0.25) is 5.02 Å². The van der Waals surface area contributed by atoms with Gasteiger partial charge in [0.15, 0.2) is 0 Å². The number of anilines is 1. The third-order valence-corrected chi connectivity index (χ3v) is 10.4. The summed E-state index contributed by atoms with van der Waals surface area (Å²) in [5, 5.41) is 3.49. The Morgan fingerprint density at radius 1 is 0.891 bits per heavy atom. The van der Waals surface area contributed by atoms with Crippen LogP contribution in [-0.4, -0.2) is 43.8 Å². The SMILES string of the molecule is Cc1ccccc1N(CC(=O)N(Cc1ccccc1F)[C@H](Cc1ccccc1)C(=O)NC1CCCC1)S(=O)(=O)c1ccc(Cl)cc1. The van der Waals surface area contributed by atoms with E-state index in [2.05, 4.69) is 5.32 Å². The molecule has 10 heteroatoms. The van der Waals surface area contributed by atoms with Gasteiger partial charge in [-0.15, -0.1) is 0 Å². The normalized spacial score (nSPS) is 14.1. The zero-order valence-corrected chi connectivity index (χ0v) is 27.2. The Morgan fingerprint density at radius 3 is 2.20 bits per heavy atom. The van der Waals surface area contributed by atoms with E-state index in [1.54, 1.807) is 49.4 Å². The molecular weight excluding hydrogens is 625 g/mol. The predicted molar refractivity (Wildman–Crippen MR) is 178 cm³/mol. The Balaban J connectivity index is 1.58. The summed E-state index contributed by atoms with van der Waals surface area (Å²) in [5.74, 6) is -1.53. The molecule has 46 heavy (non-hydrogen) atoms. The number of nitrogens with one attached hydrogen (secondary N) is 1. The predicted octanol–water partition coefficient (Wildman–Crippen LogP) is 6.68. The highest BCUT2D eigenvalue weighted by Crippen LogP contribution is 2.29. The minimum absolute atomic E-state index is 0.0232. The Labute approximate surface area is 275 Å². The van der Waals surface area contributed by atoms with Crippen molar-refractivity contribution in [3.05, 3.63) is 131 Å². The fraction of sp³-hybridized carbons (Fsp3) is 0.278. The molecule has 1 saturated carbocycles. The maximum Gasteiger partial charge on any atom is 0.264 e. The number of para-hydroxylation sites is 1. The average molecular weight is 662 g/mol. The summed E-state index contributed by atoms with van der Waals surface area (Å²) in [4.78, 5) is 29.9. The molecule has 1 atom stereocenters. The quantitative estimate of drug-likeness (QED) is 0.184. The van der Waals surface area contributed by atoms with E-state index in [0.717, 1.165) is 35.6 Å². The van der Waals surface area contributed by atoms with Crippen molar-refractivity contribution in [2.24, 2.45) is 0 Å². The van der Waals surface area contributed by atoms with Crippen LogP contribution in [0.1, 0.15) is 42.4 Å². The van der Waals surface area contributed by atoms with E-state index in [1.165, 1.54) is 35.2 Å². The van der Waals surface area contributed by atoms with E-state index in [9.17, 15) is 18.0 Å². The number of rotatable bonds is 12. The van der Waals surface area contributed by atoms with Crippen molar-refractivity contribution in [2.45, 2.75) is 62.6 Å². The van der Waals surface area contributed by atoms with Crippen molar-refractivity contribution in [3.8, 4) is 0 Å². The summed E-state index contributed by atoms with van der Waals surface area (Å²) in [6.07, 6.45) is 3.84. The molecule has 1 aliphatic carbocycles. The summed E-state index contributed by atoms with van der Waals surface area (Å²) in [5.41, 5.74) is 1.97. The largest absolute Gasteiger partial charge is 0.352 e. The third kappa shape index (κ3) is 7.95. The molecule has 0 bridgehead atoms. The van der Waals surface area contributed by atoms with Gasteiger partial charge >= 0.3 is 0 Å². The van der Waals surface area contributed by atoms with Crippen LogP contribution >= 0.6 is 11.6 Å². The van der Waals surface area contributed by atoms with Crippen LogP contribution < -0.4 is 9.62 Å². The maximum absolute atomic E-state index is 15.1. The number of halogens is 2. The lowest BCUT2D eigenvalue weighted by Gasteiger charge is -2.34. The van der Waals surface area contributed by atoms with Crippen molar-refractivity contribution in [3.63, 3.8) is 0 Å². The van der Waals surface area contributed by atoms with E-state index in [0.29, 0.717) is 16.3 Å². The smallest absolute Gasteiger partial charge is 0.264 e. The maximum atomic E-state index is 15.1. The monoisotopic (exact) mass is 661 g/mol. The molecule has 0 spiro atoms. The van der Waals surface area contributed by atoms with E-state index in [4.69, 9.17) is 11.6 Å². The highest BCUT2D eigenvalue weighted by Gasteiger charge is 2.36. The van der Waals surface area contributed by atoms with Gasteiger partial charge in [-0.2, -0.15) is 0 Å².